The lowest BCUT2D eigenvalue weighted by atomic mass is 10.1. The molecule has 1 aromatic carbocycles. The number of likely N-dealkylation sites (N-methyl/N-ethyl adjacent to an activating group) is 1. The monoisotopic (exact) mass is 352 g/mol. The Morgan fingerprint density at radius 2 is 1.85 bits per heavy atom. The molecule has 1 aromatic heterocycles. The Labute approximate surface area is 155 Å². The standard InChI is InChI=1S/C20H28N6/c1-26(14-18-9-19(25-24-18)17-7-8-17)13-16-11-22-20(23-12-16)21-10-15-5-3-2-4-6-15/h2-6,11-12,17-19,24-25H,7-10,13-14H2,1H3,(H,21,22,23). The van der Waals surface area contributed by atoms with Crippen LogP contribution in [0.2, 0.25) is 0 Å². The van der Waals surface area contributed by atoms with Gasteiger partial charge in [-0.15, -0.1) is 0 Å². The van der Waals surface area contributed by atoms with E-state index in [1.54, 1.807) is 0 Å². The van der Waals surface area contributed by atoms with Crippen molar-refractivity contribution in [2.75, 3.05) is 18.9 Å². The third kappa shape index (κ3) is 4.78. The summed E-state index contributed by atoms with van der Waals surface area (Å²) in [6, 6.07) is 11.5. The minimum atomic E-state index is 0.526. The molecule has 4 rings (SSSR count). The van der Waals surface area contributed by atoms with Crippen molar-refractivity contribution in [1.29, 1.82) is 0 Å². The number of benzene rings is 1. The van der Waals surface area contributed by atoms with Gasteiger partial charge in [0.1, 0.15) is 0 Å². The molecule has 0 bridgehead atoms. The number of aromatic nitrogens is 2. The number of nitrogens with one attached hydrogen (secondary N) is 3. The van der Waals surface area contributed by atoms with Gasteiger partial charge in [0.15, 0.2) is 0 Å². The van der Waals surface area contributed by atoms with Crippen LogP contribution in [0.25, 0.3) is 0 Å². The molecule has 2 atom stereocenters. The van der Waals surface area contributed by atoms with Gasteiger partial charge < -0.3 is 10.2 Å². The lowest BCUT2D eigenvalue weighted by Crippen LogP contribution is -2.39. The highest BCUT2D eigenvalue weighted by Gasteiger charge is 2.36. The normalized spacial score (nSPS) is 22.7. The minimum absolute atomic E-state index is 0.526. The molecule has 1 aliphatic carbocycles. The Hall–Kier alpha value is -2.02. The molecule has 0 amide bonds. The molecule has 2 fully saturated rings. The molecule has 0 radical (unpaired) electrons. The molecule has 2 aliphatic rings. The van der Waals surface area contributed by atoms with Crippen molar-refractivity contribution in [1.82, 2.24) is 25.7 Å². The Bertz CT molecular complexity index is 685. The number of anilines is 1. The highest BCUT2D eigenvalue weighted by atomic mass is 15.4. The molecule has 1 saturated carbocycles. The van der Waals surface area contributed by atoms with E-state index in [4.69, 9.17) is 0 Å². The average Bonchev–Trinajstić information content (AvgIpc) is 3.42. The van der Waals surface area contributed by atoms with E-state index in [2.05, 4.69) is 50.2 Å². The lowest BCUT2D eigenvalue weighted by molar-refractivity contribution is 0.288. The third-order valence-electron chi connectivity index (χ3n) is 5.19. The molecule has 138 valence electrons. The maximum atomic E-state index is 4.45. The van der Waals surface area contributed by atoms with Gasteiger partial charge in [0, 0.05) is 49.7 Å². The van der Waals surface area contributed by atoms with Gasteiger partial charge in [-0.05, 0) is 37.8 Å². The van der Waals surface area contributed by atoms with Gasteiger partial charge in [0.25, 0.3) is 0 Å². The quantitative estimate of drug-likeness (QED) is 0.677. The first-order chi connectivity index (χ1) is 12.8. The summed E-state index contributed by atoms with van der Waals surface area (Å²) in [5, 5.41) is 3.27. The summed E-state index contributed by atoms with van der Waals surface area (Å²) in [6.07, 6.45) is 7.86. The second-order valence-corrected chi connectivity index (χ2v) is 7.62. The maximum Gasteiger partial charge on any atom is 0.222 e. The zero-order chi connectivity index (χ0) is 17.8. The molecule has 2 heterocycles. The van der Waals surface area contributed by atoms with E-state index >= 15 is 0 Å². The number of nitrogens with zero attached hydrogens (tertiary/aromatic N) is 3. The van der Waals surface area contributed by atoms with Crippen LogP contribution in [0.5, 0.6) is 0 Å². The lowest BCUT2D eigenvalue weighted by Gasteiger charge is -2.20. The maximum absolute atomic E-state index is 4.45. The van der Waals surface area contributed by atoms with Crippen molar-refractivity contribution in [3.63, 3.8) is 0 Å². The van der Waals surface area contributed by atoms with E-state index in [0.29, 0.717) is 18.0 Å². The van der Waals surface area contributed by atoms with E-state index in [0.717, 1.165) is 31.1 Å². The molecule has 6 nitrogen and oxygen atoms in total. The van der Waals surface area contributed by atoms with Crippen molar-refractivity contribution in [3.05, 3.63) is 53.9 Å². The van der Waals surface area contributed by atoms with Gasteiger partial charge in [-0.1, -0.05) is 30.3 Å². The van der Waals surface area contributed by atoms with E-state index < -0.39 is 0 Å². The van der Waals surface area contributed by atoms with E-state index in [-0.39, 0.29) is 0 Å². The fraction of sp³-hybridized carbons (Fsp3) is 0.500. The summed E-state index contributed by atoms with van der Waals surface area (Å²) >= 11 is 0. The van der Waals surface area contributed by atoms with Crippen LogP contribution in [0.1, 0.15) is 30.4 Å². The van der Waals surface area contributed by atoms with Gasteiger partial charge in [0.2, 0.25) is 5.95 Å². The van der Waals surface area contributed by atoms with Crippen LogP contribution >= 0.6 is 0 Å². The van der Waals surface area contributed by atoms with E-state index in [1.807, 2.05) is 30.6 Å². The molecule has 3 N–H and O–H groups in total. The zero-order valence-electron chi connectivity index (χ0n) is 15.4. The fourth-order valence-corrected chi connectivity index (χ4v) is 3.64. The summed E-state index contributed by atoms with van der Waals surface area (Å²) in [7, 11) is 2.16. The predicted octanol–water partition coefficient (Wildman–Crippen LogP) is 2.17. The largest absolute Gasteiger partial charge is 0.350 e. The van der Waals surface area contributed by atoms with Crippen LogP contribution in [0.3, 0.4) is 0 Å². The summed E-state index contributed by atoms with van der Waals surface area (Å²) in [6.45, 7) is 2.64. The SMILES string of the molecule is CN(Cc1cnc(NCc2ccccc2)nc1)CC1CC(C2CC2)NN1. The first-order valence-corrected chi connectivity index (χ1v) is 9.54. The smallest absolute Gasteiger partial charge is 0.222 e. The Balaban J connectivity index is 1.22. The highest BCUT2D eigenvalue weighted by Crippen LogP contribution is 2.35. The van der Waals surface area contributed by atoms with Gasteiger partial charge in [-0.25, -0.2) is 9.97 Å². The summed E-state index contributed by atoms with van der Waals surface area (Å²) < 4.78 is 0. The fourth-order valence-electron chi connectivity index (χ4n) is 3.64. The Morgan fingerprint density at radius 3 is 2.58 bits per heavy atom. The van der Waals surface area contributed by atoms with Gasteiger partial charge in [0.05, 0.1) is 0 Å². The summed E-state index contributed by atoms with van der Waals surface area (Å²) in [4.78, 5) is 11.2. The summed E-state index contributed by atoms with van der Waals surface area (Å²) in [5.74, 6) is 1.58. The molecule has 0 spiro atoms. The highest BCUT2D eigenvalue weighted by molar-refractivity contribution is 5.27. The van der Waals surface area contributed by atoms with Crippen LogP contribution in [0.15, 0.2) is 42.7 Å². The molecule has 6 heteroatoms. The predicted molar refractivity (Wildman–Crippen MR) is 103 cm³/mol. The van der Waals surface area contributed by atoms with Crippen LogP contribution in [0.4, 0.5) is 5.95 Å². The molecule has 2 aromatic rings. The molecule has 1 aliphatic heterocycles. The van der Waals surface area contributed by atoms with Crippen LogP contribution < -0.4 is 16.2 Å². The first kappa shape index (κ1) is 17.4. The molecular weight excluding hydrogens is 324 g/mol. The van der Waals surface area contributed by atoms with Crippen LogP contribution in [-0.4, -0.2) is 40.5 Å². The zero-order valence-corrected chi connectivity index (χ0v) is 15.4. The van der Waals surface area contributed by atoms with E-state index in [9.17, 15) is 0 Å². The Kier molecular flexibility index (Phi) is 5.43. The van der Waals surface area contributed by atoms with Gasteiger partial charge in [-0.3, -0.25) is 10.9 Å². The first-order valence-electron chi connectivity index (χ1n) is 9.54. The van der Waals surface area contributed by atoms with Gasteiger partial charge >= 0.3 is 0 Å². The van der Waals surface area contributed by atoms with Crippen molar-refractivity contribution >= 4 is 5.95 Å². The van der Waals surface area contributed by atoms with Crippen LogP contribution in [-0.2, 0) is 13.1 Å². The topological polar surface area (TPSA) is 65.1 Å². The second-order valence-electron chi connectivity index (χ2n) is 7.62. The molecular formula is C20H28N6. The molecule has 1 saturated heterocycles. The van der Waals surface area contributed by atoms with Crippen molar-refractivity contribution in [3.8, 4) is 0 Å². The summed E-state index contributed by atoms with van der Waals surface area (Å²) in [5.41, 5.74) is 9.28. The average molecular weight is 352 g/mol. The third-order valence-corrected chi connectivity index (χ3v) is 5.19. The second kappa shape index (κ2) is 8.12. The van der Waals surface area contributed by atoms with Gasteiger partial charge in [-0.2, -0.15) is 0 Å². The number of hydrogen-bond donors (Lipinski definition) is 3. The van der Waals surface area contributed by atoms with Crippen molar-refractivity contribution in [2.45, 2.75) is 44.4 Å². The molecule has 26 heavy (non-hydrogen) atoms. The van der Waals surface area contributed by atoms with Crippen LogP contribution in [0, 0.1) is 5.92 Å². The molecule has 2 unspecified atom stereocenters. The number of hydrogen-bond acceptors (Lipinski definition) is 6. The van der Waals surface area contributed by atoms with E-state index in [1.165, 1.54) is 24.8 Å². The van der Waals surface area contributed by atoms with Crippen molar-refractivity contribution < 1.29 is 0 Å². The number of rotatable bonds is 8. The van der Waals surface area contributed by atoms with Crippen molar-refractivity contribution in [2.24, 2.45) is 5.92 Å². The Morgan fingerprint density at radius 1 is 1.08 bits per heavy atom. The number of hydrazine groups is 1. The minimum Gasteiger partial charge on any atom is -0.350 e.